The number of aromatic hydroxyl groups is 1. The average Bonchev–Trinajstić information content (AvgIpc) is 3.32. The van der Waals surface area contributed by atoms with Crippen molar-refractivity contribution in [1.82, 2.24) is 20.2 Å². The quantitative estimate of drug-likeness (QED) is 0.376. The third kappa shape index (κ3) is 7.20. The van der Waals surface area contributed by atoms with Crippen molar-refractivity contribution in [2.45, 2.75) is 51.0 Å². The van der Waals surface area contributed by atoms with Crippen molar-refractivity contribution in [3.8, 4) is 11.5 Å². The molecule has 0 bridgehead atoms. The summed E-state index contributed by atoms with van der Waals surface area (Å²) in [7, 11) is 1.46. The van der Waals surface area contributed by atoms with Gasteiger partial charge in [-0.3, -0.25) is 4.79 Å². The summed E-state index contributed by atoms with van der Waals surface area (Å²) >= 11 is 5.76. The molecular formula is C27H33ClFN5O3. The van der Waals surface area contributed by atoms with Crippen LogP contribution in [0.5, 0.6) is 11.5 Å². The van der Waals surface area contributed by atoms with Crippen LogP contribution in [0.15, 0.2) is 36.7 Å². The second kappa shape index (κ2) is 12.9. The molecule has 8 nitrogen and oxygen atoms in total. The summed E-state index contributed by atoms with van der Waals surface area (Å²) in [4.78, 5) is 21.6. The maximum Gasteiger partial charge on any atom is 0.222 e. The van der Waals surface area contributed by atoms with Gasteiger partial charge in [-0.05, 0) is 43.5 Å². The molecule has 1 aromatic heterocycles. The predicted octanol–water partition coefficient (Wildman–Crippen LogP) is 5.41. The zero-order valence-corrected chi connectivity index (χ0v) is 21.7. The number of carbonyl (C=O) groups excluding carboxylic acids is 1. The molecule has 2 aromatic carbocycles. The van der Waals surface area contributed by atoms with Crippen LogP contribution in [0, 0.1) is 5.82 Å². The number of ether oxygens (including phenoxy) is 1. The number of nitrogens with zero attached hydrogens (tertiary/aromatic N) is 3. The molecule has 1 aliphatic heterocycles. The molecule has 37 heavy (non-hydrogen) atoms. The normalized spacial score (nSPS) is 16.0. The largest absolute Gasteiger partial charge is 0.504 e. The second-order valence-corrected chi connectivity index (χ2v) is 9.70. The molecule has 10 heteroatoms. The van der Waals surface area contributed by atoms with E-state index in [1.165, 1.54) is 63.7 Å². The van der Waals surface area contributed by atoms with Crippen LogP contribution in [0.4, 0.5) is 15.9 Å². The molecule has 5 rings (SSSR count). The first kappa shape index (κ1) is 26.9. The molecule has 1 saturated heterocycles. The van der Waals surface area contributed by atoms with Gasteiger partial charge in [0.25, 0.3) is 0 Å². The molecule has 1 aliphatic carbocycles. The van der Waals surface area contributed by atoms with Gasteiger partial charge in [-0.15, -0.1) is 0 Å². The summed E-state index contributed by atoms with van der Waals surface area (Å²) in [5.41, 5.74) is 1.17. The van der Waals surface area contributed by atoms with Gasteiger partial charge in [0.2, 0.25) is 5.91 Å². The van der Waals surface area contributed by atoms with Crippen molar-refractivity contribution in [3.63, 3.8) is 0 Å². The number of phenolic OH excluding ortho intramolecular Hbond substituents is 1. The topological polar surface area (TPSA) is 99.6 Å². The number of aromatic nitrogens is 2. The van der Waals surface area contributed by atoms with Gasteiger partial charge in [0.1, 0.15) is 18.0 Å². The monoisotopic (exact) mass is 529 g/mol. The summed E-state index contributed by atoms with van der Waals surface area (Å²) < 4.78 is 18.2. The highest BCUT2D eigenvalue weighted by atomic mass is 35.5. The van der Waals surface area contributed by atoms with E-state index in [4.69, 9.17) is 16.3 Å². The van der Waals surface area contributed by atoms with Crippen molar-refractivity contribution in [2.75, 3.05) is 32.1 Å². The Balaban J connectivity index is 0.000000186. The van der Waals surface area contributed by atoms with E-state index in [0.29, 0.717) is 34.1 Å². The zero-order valence-electron chi connectivity index (χ0n) is 21.0. The molecule has 1 amide bonds. The molecule has 1 saturated carbocycles. The Morgan fingerprint density at radius 1 is 1.16 bits per heavy atom. The van der Waals surface area contributed by atoms with Crippen LogP contribution in [0.25, 0.3) is 10.9 Å². The molecule has 0 atom stereocenters. The molecule has 2 heterocycles. The third-order valence-corrected chi connectivity index (χ3v) is 7.00. The van der Waals surface area contributed by atoms with Crippen LogP contribution in [0.3, 0.4) is 0 Å². The van der Waals surface area contributed by atoms with E-state index in [2.05, 4.69) is 20.6 Å². The molecule has 0 radical (unpaired) electrons. The van der Waals surface area contributed by atoms with E-state index in [1.807, 2.05) is 4.90 Å². The molecule has 2 fully saturated rings. The highest BCUT2D eigenvalue weighted by Gasteiger charge is 2.20. The number of methoxy groups -OCH3 is 1. The average molecular weight is 530 g/mol. The molecular weight excluding hydrogens is 497 g/mol. The lowest BCUT2D eigenvalue weighted by molar-refractivity contribution is -0.127. The van der Waals surface area contributed by atoms with Crippen molar-refractivity contribution >= 4 is 39.9 Å². The smallest absolute Gasteiger partial charge is 0.222 e. The Morgan fingerprint density at radius 3 is 2.68 bits per heavy atom. The van der Waals surface area contributed by atoms with E-state index < -0.39 is 5.82 Å². The van der Waals surface area contributed by atoms with Crippen LogP contribution in [-0.2, 0) is 4.79 Å². The number of nitrogens with one attached hydrogen (secondary N) is 2. The van der Waals surface area contributed by atoms with Crippen molar-refractivity contribution in [1.29, 1.82) is 0 Å². The standard InChI is InChI=1S/C15H11ClFN3O2.C12H22N2O/c1-22-14-6-12-9(5-13(14)21)15(19-7-18-12)20-8-2-3-11(17)10(16)4-8;15-12-7-4-9-14(12)10-8-13-11-5-2-1-3-6-11/h2-7,21H,1H3,(H,18,19,20);11,13H,1-10H2. The molecule has 3 N–H and O–H groups in total. The Morgan fingerprint density at radius 2 is 1.97 bits per heavy atom. The Bertz CT molecular complexity index is 1220. The van der Waals surface area contributed by atoms with E-state index in [-0.39, 0.29) is 10.8 Å². The minimum absolute atomic E-state index is 0.00729. The lowest BCUT2D eigenvalue weighted by Gasteiger charge is -2.24. The van der Waals surface area contributed by atoms with Gasteiger partial charge in [0.15, 0.2) is 11.5 Å². The van der Waals surface area contributed by atoms with Gasteiger partial charge in [-0.2, -0.15) is 0 Å². The fourth-order valence-electron chi connectivity index (χ4n) is 4.70. The van der Waals surface area contributed by atoms with Crippen molar-refractivity contribution < 1.29 is 19.0 Å². The highest BCUT2D eigenvalue weighted by Crippen LogP contribution is 2.34. The first-order valence-electron chi connectivity index (χ1n) is 12.7. The van der Waals surface area contributed by atoms with E-state index >= 15 is 0 Å². The Hall–Kier alpha value is -3.17. The number of hydrogen-bond donors (Lipinski definition) is 3. The van der Waals surface area contributed by atoms with Crippen LogP contribution in [0.1, 0.15) is 44.9 Å². The van der Waals surface area contributed by atoms with Crippen LogP contribution in [0.2, 0.25) is 5.02 Å². The number of anilines is 2. The number of likely N-dealkylation sites (tertiary alicyclic amines) is 1. The first-order valence-corrected chi connectivity index (χ1v) is 13.1. The first-order chi connectivity index (χ1) is 17.9. The number of phenols is 1. The number of fused-ring (bicyclic) bond motifs is 1. The van der Waals surface area contributed by atoms with Gasteiger partial charge in [-0.1, -0.05) is 30.9 Å². The van der Waals surface area contributed by atoms with Crippen LogP contribution < -0.4 is 15.4 Å². The summed E-state index contributed by atoms with van der Waals surface area (Å²) in [6.45, 7) is 2.87. The van der Waals surface area contributed by atoms with Crippen LogP contribution >= 0.6 is 11.6 Å². The molecule has 2 aliphatic rings. The molecule has 3 aromatic rings. The summed E-state index contributed by atoms with van der Waals surface area (Å²) in [5.74, 6) is 0.611. The van der Waals surface area contributed by atoms with Gasteiger partial charge in [0.05, 0.1) is 17.6 Å². The van der Waals surface area contributed by atoms with Gasteiger partial charge in [0, 0.05) is 49.2 Å². The highest BCUT2D eigenvalue weighted by molar-refractivity contribution is 6.31. The van der Waals surface area contributed by atoms with Crippen molar-refractivity contribution in [2.24, 2.45) is 0 Å². The second-order valence-electron chi connectivity index (χ2n) is 9.29. The van der Waals surface area contributed by atoms with Crippen molar-refractivity contribution in [3.05, 3.63) is 47.5 Å². The fourth-order valence-corrected chi connectivity index (χ4v) is 4.88. The predicted molar refractivity (Wildman–Crippen MR) is 143 cm³/mol. The lowest BCUT2D eigenvalue weighted by atomic mass is 9.95. The number of halogens is 2. The van der Waals surface area contributed by atoms with E-state index in [0.717, 1.165) is 38.5 Å². The number of amides is 1. The maximum atomic E-state index is 13.2. The minimum atomic E-state index is -0.498. The maximum absolute atomic E-state index is 13.2. The Labute approximate surface area is 221 Å². The molecule has 198 valence electrons. The third-order valence-electron chi connectivity index (χ3n) is 6.71. The minimum Gasteiger partial charge on any atom is -0.504 e. The van der Waals surface area contributed by atoms with Crippen LogP contribution in [-0.4, -0.2) is 58.7 Å². The summed E-state index contributed by atoms with van der Waals surface area (Å²) in [5, 5.41) is 17.1. The Kier molecular flexibility index (Phi) is 9.35. The van der Waals surface area contributed by atoms with E-state index in [1.54, 1.807) is 12.1 Å². The van der Waals surface area contributed by atoms with Gasteiger partial charge < -0.3 is 25.4 Å². The van der Waals surface area contributed by atoms with E-state index in [9.17, 15) is 14.3 Å². The van der Waals surface area contributed by atoms with Gasteiger partial charge in [-0.25, -0.2) is 14.4 Å². The van der Waals surface area contributed by atoms with Gasteiger partial charge >= 0.3 is 0 Å². The SMILES string of the molecule is COc1cc2ncnc(Nc3ccc(F)c(Cl)c3)c2cc1O.O=C1CCCN1CCNC1CCCCC1. The number of benzene rings is 2. The zero-order chi connectivity index (χ0) is 26.2. The lowest BCUT2D eigenvalue weighted by Crippen LogP contribution is -2.38. The molecule has 0 unspecified atom stereocenters. The number of rotatable bonds is 7. The fraction of sp³-hybridized carbons (Fsp3) is 0.444. The molecule has 0 spiro atoms. The number of hydrogen-bond acceptors (Lipinski definition) is 7. The number of carbonyl (C=O) groups is 1. The summed E-state index contributed by atoms with van der Waals surface area (Å²) in [6.07, 6.45) is 10.0. The summed E-state index contributed by atoms with van der Waals surface area (Å²) in [6, 6.07) is 8.08.